The van der Waals surface area contributed by atoms with Crippen molar-refractivity contribution in [1.29, 1.82) is 0 Å². The number of hydrogen-bond donors (Lipinski definition) is 1. The number of nitrogens with zero attached hydrogens (tertiary/aromatic N) is 2. The van der Waals surface area contributed by atoms with Crippen molar-refractivity contribution in [3.05, 3.63) is 69.8 Å². The van der Waals surface area contributed by atoms with Gasteiger partial charge in [0.05, 0.1) is 16.2 Å². The quantitative estimate of drug-likeness (QED) is 0.294. The Kier molecular flexibility index (Phi) is 7.37. The molecular formula is C22H25N3O5. The minimum absolute atomic E-state index is 0.114. The summed E-state index contributed by atoms with van der Waals surface area (Å²) in [6, 6.07) is 14.1. The average molecular weight is 411 g/mol. The molecule has 0 saturated carbocycles. The fourth-order valence-electron chi connectivity index (χ4n) is 3.46. The first-order valence-corrected chi connectivity index (χ1v) is 10.1. The number of rotatable bonds is 9. The Bertz CT molecular complexity index is 895. The van der Waals surface area contributed by atoms with E-state index in [9.17, 15) is 19.7 Å². The maximum atomic E-state index is 12.6. The Balaban J connectivity index is 1.52. The monoisotopic (exact) mass is 411 g/mol. The van der Waals surface area contributed by atoms with E-state index in [4.69, 9.17) is 4.74 Å². The fraction of sp³-hybridized carbons (Fsp3) is 0.364. The Morgan fingerprint density at radius 2 is 1.83 bits per heavy atom. The molecule has 0 aliphatic carbocycles. The Morgan fingerprint density at radius 3 is 2.53 bits per heavy atom. The summed E-state index contributed by atoms with van der Waals surface area (Å²) in [6.07, 6.45) is 3.61. The highest BCUT2D eigenvalue weighted by Crippen LogP contribution is 2.28. The lowest BCUT2D eigenvalue weighted by Gasteiger charge is -2.20. The highest BCUT2D eigenvalue weighted by molar-refractivity contribution is 5.97. The van der Waals surface area contributed by atoms with Gasteiger partial charge in [-0.2, -0.15) is 0 Å². The van der Waals surface area contributed by atoms with Crippen LogP contribution in [0.15, 0.2) is 48.5 Å². The maximum Gasteiger partial charge on any atom is 0.341 e. The molecule has 2 aromatic rings. The lowest BCUT2D eigenvalue weighted by Crippen LogP contribution is -2.30. The summed E-state index contributed by atoms with van der Waals surface area (Å²) in [5.41, 5.74) is 1.72. The summed E-state index contributed by atoms with van der Waals surface area (Å²) in [6.45, 7) is 1.60. The van der Waals surface area contributed by atoms with Crippen molar-refractivity contribution in [1.82, 2.24) is 5.32 Å². The molecule has 0 atom stereocenters. The van der Waals surface area contributed by atoms with Gasteiger partial charge in [0, 0.05) is 31.8 Å². The molecule has 0 bridgehead atoms. The molecule has 1 amide bonds. The number of non-ortho nitro benzene ring substituents is 1. The molecule has 1 fully saturated rings. The van der Waals surface area contributed by atoms with Gasteiger partial charge in [0.1, 0.15) is 0 Å². The zero-order valence-corrected chi connectivity index (χ0v) is 16.7. The summed E-state index contributed by atoms with van der Waals surface area (Å²) >= 11 is 0. The molecule has 0 aromatic heterocycles. The summed E-state index contributed by atoms with van der Waals surface area (Å²) in [5.74, 6) is -1.13. The molecule has 0 unspecified atom stereocenters. The molecule has 8 heteroatoms. The lowest BCUT2D eigenvalue weighted by atomic mass is 10.1. The normalized spacial score (nSPS) is 13.1. The topological polar surface area (TPSA) is 102 Å². The predicted octanol–water partition coefficient (Wildman–Crippen LogP) is 3.10. The number of aryl methyl sites for hydroxylation is 1. The van der Waals surface area contributed by atoms with Crippen molar-refractivity contribution in [3.8, 4) is 0 Å². The van der Waals surface area contributed by atoms with E-state index in [0.717, 1.165) is 38.8 Å². The SMILES string of the molecule is O=C(COC(=O)c1cc([N+](=O)[O-])ccc1N1CCCC1)NCCCc1ccccc1. The molecule has 30 heavy (non-hydrogen) atoms. The third-order valence-corrected chi connectivity index (χ3v) is 5.00. The number of esters is 1. The number of anilines is 1. The first-order valence-electron chi connectivity index (χ1n) is 10.1. The number of hydrogen-bond acceptors (Lipinski definition) is 6. The number of benzene rings is 2. The maximum absolute atomic E-state index is 12.6. The second kappa shape index (κ2) is 10.4. The van der Waals surface area contributed by atoms with E-state index in [-0.39, 0.29) is 11.3 Å². The minimum Gasteiger partial charge on any atom is -0.452 e. The van der Waals surface area contributed by atoms with Gasteiger partial charge in [-0.15, -0.1) is 0 Å². The van der Waals surface area contributed by atoms with E-state index in [0.29, 0.717) is 12.2 Å². The van der Waals surface area contributed by atoms with Crippen LogP contribution in [0.4, 0.5) is 11.4 Å². The molecule has 1 aliphatic heterocycles. The Morgan fingerprint density at radius 1 is 1.10 bits per heavy atom. The van der Waals surface area contributed by atoms with Crippen molar-refractivity contribution in [2.24, 2.45) is 0 Å². The number of carbonyl (C=O) groups is 2. The third kappa shape index (κ3) is 5.79. The van der Waals surface area contributed by atoms with Crippen LogP contribution in [0.25, 0.3) is 0 Å². The van der Waals surface area contributed by atoms with Crippen molar-refractivity contribution >= 4 is 23.3 Å². The van der Waals surface area contributed by atoms with E-state index in [2.05, 4.69) is 5.32 Å². The van der Waals surface area contributed by atoms with Crippen LogP contribution in [0.5, 0.6) is 0 Å². The molecule has 3 rings (SSSR count). The number of amides is 1. The number of nitro groups is 1. The van der Waals surface area contributed by atoms with Crippen molar-refractivity contribution in [3.63, 3.8) is 0 Å². The second-order valence-corrected chi connectivity index (χ2v) is 7.17. The summed E-state index contributed by atoms with van der Waals surface area (Å²) in [7, 11) is 0. The summed E-state index contributed by atoms with van der Waals surface area (Å²) < 4.78 is 5.14. The lowest BCUT2D eigenvalue weighted by molar-refractivity contribution is -0.384. The summed E-state index contributed by atoms with van der Waals surface area (Å²) in [4.78, 5) is 37.1. The van der Waals surface area contributed by atoms with Gasteiger partial charge in [0.15, 0.2) is 6.61 Å². The van der Waals surface area contributed by atoms with E-state index in [1.807, 2.05) is 35.2 Å². The molecule has 1 saturated heterocycles. The van der Waals surface area contributed by atoms with Crippen molar-refractivity contribution in [2.75, 3.05) is 31.1 Å². The number of carbonyl (C=O) groups excluding carboxylic acids is 2. The van der Waals surface area contributed by atoms with Crippen LogP contribution in [0.1, 0.15) is 35.2 Å². The number of nitro benzene ring substituents is 1. The molecule has 1 heterocycles. The highest BCUT2D eigenvalue weighted by atomic mass is 16.6. The van der Waals surface area contributed by atoms with Crippen LogP contribution >= 0.6 is 0 Å². The highest BCUT2D eigenvalue weighted by Gasteiger charge is 2.24. The van der Waals surface area contributed by atoms with E-state index in [1.54, 1.807) is 6.07 Å². The largest absolute Gasteiger partial charge is 0.452 e. The van der Waals surface area contributed by atoms with Crippen LogP contribution in [-0.4, -0.2) is 43.0 Å². The van der Waals surface area contributed by atoms with Gasteiger partial charge in [-0.1, -0.05) is 30.3 Å². The van der Waals surface area contributed by atoms with Crippen LogP contribution in [0.3, 0.4) is 0 Å². The van der Waals surface area contributed by atoms with Gasteiger partial charge in [0.25, 0.3) is 11.6 Å². The van der Waals surface area contributed by atoms with Crippen molar-refractivity contribution in [2.45, 2.75) is 25.7 Å². The van der Waals surface area contributed by atoms with Crippen LogP contribution in [0, 0.1) is 10.1 Å². The first kappa shape index (κ1) is 21.3. The fourth-order valence-corrected chi connectivity index (χ4v) is 3.46. The van der Waals surface area contributed by atoms with Gasteiger partial charge in [0.2, 0.25) is 0 Å². The summed E-state index contributed by atoms with van der Waals surface area (Å²) in [5, 5.41) is 13.8. The zero-order chi connectivity index (χ0) is 21.3. The smallest absolute Gasteiger partial charge is 0.341 e. The second-order valence-electron chi connectivity index (χ2n) is 7.17. The Hall–Kier alpha value is -3.42. The molecule has 0 spiro atoms. The van der Waals surface area contributed by atoms with Crippen LogP contribution < -0.4 is 10.2 Å². The van der Waals surface area contributed by atoms with Gasteiger partial charge in [-0.25, -0.2) is 4.79 Å². The van der Waals surface area contributed by atoms with E-state index >= 15 is 0 Å². The van der Waals surface area contributed by atoms with Crippen molar-refractivity contribution < 1.29 is 19.2 Å². The zero-order valence-electron chi connectivity index (χ0n) is 16.7. The number of nitrogens with one attached hydrogen (secondary N) is 1. The van der Waals surface area contributed by atoms with Crippen LogP contribution in [0.2, 0.25) is 0 Å². The minimum atomic E-state index is -0.736. The molecule has 1 N–H and O–H groups in total. The molecular weight excluding hydrogens is 386 g/mol. The number of ether oxygens (including phenoxy) is 1. The van der Waals surface area contributed by atoms with Gasteiger partial charge in [-0.3, -0.25) is 14.9 Å². The van der Waals surface area contributed by atoms with Gasteiger partial charge in [-0.05, 0) is 37.3 Å². The van der Waals surface area contributed by atoms with E-state index < -0.39 is 23.4 Å². The molecule has 8 nitrogen and oxygen atoms in total. The standard InChI is InChI=1S/C22H25N3O5/c26-21(23-12-6-9-17-7-2-1-3-8-17)16-30-22(27)19-15-18(25(28)29)10-11-20(19)24-13-4-5-14-24/h1-3,7-8,10-11,15H,4-6,9,12-14,16H2,(H,23,26). The third-order valence-electron chi connectivity index (χ3n) is 5.00. The van der Waals surface area contributed by atoms with Gasteiger partial charge >= 0.3 is 5.97 Å². The average Bonchev–Trinajstić information content (AvgIpc) is 3.30. The Labute approximate surface area is 175 Å². The van der Waals surface area contributed by atoms with Gasteiger partial charge < -0.3 is 15.0 Å². The predicted molar refractivity (Wildman–Crippen MR) is 113 cm³/mol. The molecule has 1 aliphatic rings. The van der Waals surface area contributed by atoms with Crippen LogP contribution in [-0.2, 0) is 16.0 Å². The molecule has 2 aromatic carbocycles. The first-order chi connectivity index (χ1) is 14.5. The van der Waals surface area contributed by atoms with E-state index in [1.165, 1.54) is 17.7 Å². The molecule has 0 radical (unpaired) electrons. The molecule has 158 valence electrons.